The van der Waals surface area contributed by atoms with E-state index in [9.17, 15) is 13.6 Å². The summed E-state index contributed by atoms with van der Waals surface area (Å²) in [7, 11) is 1.98. The summed E-state index contributed by atoms with van der Waals surface area (Å²) in [6.45, 7) is 2.65. The Hall–Kier alpha value is -2.51. The predicted octanol–water partition coefficient (Wildman–Crippen LogP) is 3.14. The van der Waals surface area contributed by atoms with E-state index in [1.165, 1.54) is 30.3 Å². The Balaban J connectivity index is 1.71. The van der Waals surface area contributed by atoms with Crippen molar-refractivity contribution < 1.29 is 13.6 Å². The van der Waals surface area contributed by atoms with Crippen LogP contribution in [0.5, 0.6) is 0 Å². The van der Waals surface area contributed by atoms with Gasteiger partial charge >= 0.3 is 0 Å². The smallest absolute Gasteiger partial charge is 0.232 e. The molecule has 0 aliphatic carbocycles. The van der Waals surface area contributed by atoms with Crippen LogP contribution in [0, 0.1) is 11.6 Å². The maximum absolute atomic E-state index is 14.3. The molecule has 5 nitrogen and oxygen atoms in total. The van der Waals surface area contributed by atoms with Crippen LogP contribution in [0.2, 0.25) is 0 Å². The van der Waals surface area contributed by atoms with Crippen LogP contribution in [0.3, 0.4) is 0 Å². The minimum atomic E-state index is -0.505. The van der Waals surface area contributed by atoms with Crippen molar-refractivity contribution in [3.05, 3.63) is 59.7 Å². The average Bonchev–Trinajstić information content (AvgIpc) is 2.70. The Morgan fingerprint density at radius 1 is 1.15 bits per heavy atom. The second-order valence-corrected chi connectivity index (χ2v) is 6.72. The molecule has 0 spiro atoms. The predicted molar refractivity (Wildman–Crippen MR) is 102 cm³/mol. The Bertz CT molecular complexity index is 761. The maximum Gasteiger partial charge on any atom is 0.232 e. The average molecular weight is 374 g/mol. The standard InChI is InChI=1S/C20H24F2N4O/c1-23-17-8-10-25(11-9-17)13-15-2-7-19(22)20(12-15)26(14-27)24-18-5-3-16(21)4-6-18/h2-7,12,14,17,23-24H,8-11,13H2,1H3. The van der Waals surface area contributed by atoms with Gasteiger partial charge in [0.2, 0.25) is 6.41 Å². The van der Waals surface area contributed by atoms with Gasteiger partial charge in [0.05, 0.1) is 5.69 Å². The number of carbonyl (C=O) groups excluding carboxylic acids is 1. The van der Waals surface area contributed by atoms with Gasteiger partial charge in [-0.15, -0.1) is 0 Å². The molecule has 1 amide bonds. The van der Waals surface area contributed by atoms with Gasteiger partial charge in [0.1, 0.15) is 17.3 Å². The van der Waals surface area contributed by atoms with E-state index in [1.54, 1.807) is 12.1 Å². The highest BCUT2D eigenvalue weighted by atomic mass is 19.1. The SMILES string of the molecule is CNC1CCN(Cc2ccc(F)c(N(C=O)Nc3ccc(F)cc3)c2)CC1. The number of hydrogen-bond acceptors (Lipinski definition) is 4. The monoisotopic (exact) mass is 374 g/mol. The largest absolute Gasteiger partial charge is 0.317 e. The topological polar surface area (TPSA) is 47.6 Å². The number of likely N-dealkylation sites (tertiary alicyclic amines) is 1. The lowest BCUT2D eigenvalue weighted by atomic mass is 10.0. The van der Waals surface area contributed by atoms with Crippen LogP contribution in [0.1, 0.15) is 18.4 Å². The number of anilines is 2. The van der Waals surface area contributed by atoms with Crippen molar-refractivity contribution in [2.45, 2.75) is 25.4 Å². The second kappa shape index (κ2) is 8.92. The Morgan fingerprint density at radius 3 is 2.48 bits per heavy atom. The molecule has 27 heavy (non-hydrogen) atoms. The molecule has 0 aromatic heterocycles. The molecule has 1 fully saturated rings. The minimum absolute atomic E-state index is 0.136. The third-order valence-electron chi connectivity index (χ3n) is 4.87. The van der Waals surface area contributed by atoms with E-state index in [2.05, 4.69) is 15.6 Å². The van der Waals surface area contributed by atoms with E-state index >= 15 is 0 Å². The summed E-state index contributed by atoms with van der Waals surface area (Å²) >= 11 is 0. The molecule has 1 aliphatic heterocycles. The normalized spacial score (nSPS) is 15.5. The van der Waals surface area contributed by atoms with Gasteiger partial charge in [0, 0.05) is 12.6 Å². The van der Waals surface area contributed by atoms with Crippen molar-refractivity contribution in [2.75, 3.05) is 30.6 Å². The van der Waals surface area contributed by atoms with Crippen LogP contribution in [0.4, 0.5) is 20.2 Å². The quantitative estimate of drug-likeness (QED) is 0.577. The number of carbonyl (C=O) groups is 1. The van der Waals surface area contributed by atoms with Gasteiger partial charge in [0.15, 0.2) is 0 Å². The van der Waals surface area contributed by atoms with Crippen LogP contribution in [0.25, 0.3) is 0 Å². The Kier molecular flexibility index (Phi) is 6.36. The molecular formula is C20H24F2N4O. The molecule has 3 rings (SSSR count). The van der Waals surface area contributed by atoms with E-state index in [1.807, 2.05) is 7.05 Å². The molecule has 1 aliphatic rings. The molecule has 2 aromatic rings. The zero-order valence-corrected chi connectivity index (χ0v) is 15.3. The van der Waals surface area contributed by atoms with Gasteiger partial charge in [0.25, 0.3) is 0 Å². The van der Waals surface area contributed by atoms with Gasteiger partial charge < -0.3 is 5.32 Å². The third kappa shape index (κ3) is 5.02. The third-order valence-corrected chi connectivity index (χ3v) is 4.87. The first-order chi connectivity index (χ1) is 13.1. The fourth-order valence-corrected chi connectivity index (χ4v) is 3.29. The van der Waals surface area contributed by atoms with E-state index in [4.69, 9.17) is 0 Å². The van der Waals surface area contributed by atoms with Crippen molar-refractivity contribution in [1.82, 2.24) is 10.2 Å². The number of hydrazine groups is 1. The fourth-order valence-electron chi connectivity index (χ4n) is 3.29. The molecule has 1 saturated heterocycles. The highest BCUT2D eigenvalue weighted by Crippen LogP contribution is 2.23. The lowest BCUT2D eigenvalue weighted by Gasteiger charge is -2.32. The van der Waals surface area contributed by atoms with Crippen molar-refractivity contribution >= 4 is 17.8 Å². The van der Waals surface area contributed by atoms with Crippen molar-refractivity contribution in [2.24, 2.45) is 0 Å². The lowest BCUT2D eigenvalue weighted by Crippen LogP contribution is -2.40. The van der Waals surface area contributed by atoms with Crippen LogP contribution in [-0.2, 0) is 11.3 Å². The number of nitrogens with zero attached hydrogens (tertiary/aromatic N) is 2. The second-order valence-electron chi connectivity index (χ2n) is 6.72. The zero-order chi connectivity index (χ0) is 19.2. The number of hydrogen-bond donors (Lipinski definition) is 2. The summed E-state index contributed by atoms with van der Waals surface area (Å²) < 4.78 is 27.4. The first kappa shape index (κ1) is 19.3. The summed E-state index contributed by atoms with van der Waals surface area (Å²) in [5, 5.41) is 4.37. The number of amides is 1. The van der Waals surface area contributed by atoms with Crippen LogP contribution >= 0.6 is 0 Å². The Morgan fingerprint density at radius 2 is 1.85 bits per heavy atom. The minimum Gasteiger partial charge on any atom is -0.317 e. The summed E-state index contributed by atoms with van der Waals surface area (Å²) in [5.74, 6) is -0.886. The molecule has 0 atom stereocenters. The van der Waals surface area contributed by atoms with Gasteiger partial charge in [-0.1, -0.05) is 6.07 Å². The fraction of sp³-hybridized carbons (Fsp3) is 0.350. The number of nitrogens with one attached hydrogen (secondary N) is 2. The van der Waals surface area contributed by atoms with Gasteiger partial charge in [-0.05, 0) is 74.9 Å². The molecule has 144 valence electrons. The van der Waals surface area contributed by atoms with E-state index < -0.39 is 5.82 Å². The van der Waals surface area contributed by atoms with Crippen LogP contribution < -0.4 is 15.8 Å². The summed E-state index contributed by atoms with van der Waals surface area (Å²) in [6, 6.07) is 10.8. The molecule has 0 saturated carbocycles. The van der Waals surface area contributed by atoms with Crippen LogP contribution in [0.15, 0.2) is 42.5 Å². The van der Waals surface area contributed by atoms with E-state index in [-0.39, 0.29) is 11.5 Å². The molecule has 2 N–H and O–H groups in total. The summed E-state index contributed by atoms with van der Waals surface area (Å²) in [4.78, 5) is 13.8. The number of rotatable bonds is 7. The molecule has 2 aromatic carbocycles. The lowest BCUT2D eigenvalue weighted by molar-refractivity contribution is -0.107. The van der Waals surface area contributed by atoms with Gasteiger partial charge in [-0.3, -0.25) is 15.1 Å². The number of piperidine rings is 1. The van der Waals surface area contributed by atoms with E-state index in [0.29, 0.717) is 24.7 Å². The van der Waals surface area contributed by atoms with Crippen molar-refractivity contribution in [1.29, 1.82) is 0 Å². The Labute approximate surface area is 157 Å². The van der Waals surface area contributed by atoms with Gasteiger partial charge in [-0.2, -0.15) is 0 Å². The number of halogens is 2. The van der Waals surface area contributed by atoms with E-state index in [0.717, 1.165) is 36.5 Å². The van der Waals surface area contributed by atoms with Crippen LogP contribution in [-0.4, -0.2) is 37.5 Å². The van der Waals surface area contributed by atoms with Crippen molar-refractivity contribution in [3.8, 4) is 0 Å². The number of benzene rings is 2. The highest BCUT2D eigenvalue weighted by Gasteiger charge is 2.19. The zero-order valence-electron chi connectivity index (χ0n) is 15.3. The summed E-state index contributed by atoms with van der Waals surface area (Å²) in [6.07, 6.45) is 2.66. The maximum atomic E-state index is 14.3. The molecule has 0 unspecified atom stereocenters. The molecule has 1 heterocycles. The molecule has 7 heteroatoms. The first-order valence-corrected chi connectivity index (χ1v) is 9.04. The van der Waals surface area contributed by atoms with Crippen molar-refractivity contribution in [3.63, 3.8) is 0 Å². The van der Waals surface area contributed by atoms with Gasteiger partial charge in [-0.25, -0.2) is 13.8 Å². The summed E-state index contributed by atoms with van der Waals surface area (Å²) in [5.41, 5.74) is 4.35. The highest BCUT2D eigenvalue weighted by molar-refractivity contribution is 5.79. The first-order valence-electron chi connectivity index (χ1n) is 9.04. The molecule has 0 radical (unpaired) electrons. The molecular weight excluding hydrogens is 350 g/mol. The molecule has 0 bridgehead atoms.